The minimum Gasteiger partial charge on any atom is -0.385 e. The lowest BCUT2D eigenvalue weighted by atomic mass is 9.82. The van der Waals surface area contributed by atoms with Crippen molar-refractivity contribution in [3.05, 3.63) is 65.2 Å². The molecule has 0 unspecified atom stereocenters. The summed E-state index contributed by atoms with van der Waals surface area (Å²) in [5.74, 6) is 0. The minimum absolute atomic E-state index is 0.736. The van der Waals surface area contributed by atoms with Crippen molar-refractivity contribution in [1.29, 1.82) is 0 Å². The molecule has 4 rings (SSSR count). The summed E-state index contributed by atoms with van der Waals surface area (Å²) in [6.45, 7) is 1.98. The molecule has 3 aromatic rings. The average molecular weight is 277 g/mol. The quantitative estimate of drug-likeness (QED) is 0.663. The number of benzene rings is 2. The molecule has 1 heterocycles. The molecule has 0 amide bonds. The highest BCUT2D eigenvalue weighted by molar-refractivity contribution is 5.88. The molecule has 1 aliphatic rings. The summed E-state index contributed by atoms with van der Waals surface area (Å²) in [6.07, 6.45) is -1.85. The first-order valence-corrected chi connectivity index (χ1v) is 7.03. The van der Waals surface area contributed by atoms with E-state index in [1.165, 1.54) is 0 Å². The molecular formula is C18H15NO2. The fourth-order valence-corrected chi connectivity index (χ4v) is 3.26. The van der Waals surface area contributed by atoms with Gasteiger partial charge in [-0.15, -0.1) is 0 Å². The highest BCUT2D eigenvalue weighted by atomic mass is 16.3. The van der Waals surface area contributed by atoms with Crippen LogP contribution in [0.4, 0.5) is 0 Å². The molecule has 1 aromatic heterocycles. The maximum Gasteiger partial charge on any atom is 0.111 e. The molecule has 2 aromatic carbocycles. The summed E-state index contributed by atoms with van der Waals surface area (Å²) in [7, 11) is 0. The number of fused-ring (bicyclic) bond motifs is 4. The van der Waals surface area contributed by atoms with E-state index < -0.39 is 12.2 Å². The molecule has 1 aliphatic carbocycles. The number of aryl methyl sites for hydroxylation is 1. The number of aromatic nitrogens is 1. The molecule has 21 heavy (non-hydrogen) atoms. The average Bonchev–Trinajstić information content (AvgIpc) is 2.52. The van der Waals surface area contributed by atoms with Crippen LogP contribution in [0.25, 0.3) is 22.2 Å². The Balaban J connectivity index is 2.15. The summed E-state index contributed by atoms with van der Waals surface area (Å²) >= 11 is 0. The first-order valence-electron chi connectivity index (χ1n) is 7.03. The van der Waals surface area contributed by atoms with E-state index in [1.807, 2.05) is 55.5 Å². The summed E-state index contributed by atoms with van der Waals surface area (Å²) in [5, 5.41) is 21.9. The first-order chi connectivity index (χ1) is 10.2. The number of pyridine rings is 1. The maximum absolute atomic E-state index is 10.5. The smallest absolute Gasteiger partial charge is 0.111 e. The molecule has 0 fully saturated rings. The van der Waals surface area contributed by atoms with Crippen LogP contribution < -0.4 is 0 Å². The Morgan fingerprint density at radius 2 is 1.62 bits per heavy atom. The van der Waals surface area contributed by atoms with Crippen LogP contribution in [0.15, 0.2) is 48.5 Å². The number of hydrogen-bond donors (Lipinski definition) is 2. The maximum atomic E-state index is 10.5. The molecule has 104 valence electrons. The van der Waals surface area contributed by atoms with E-state index in [0.717, 1.165) is 38.9 Å². The van der Waals surface area contributed by atoms with Gasteiger partial charge in [-0.3, -0.25) is 0 Å². The molecule has 0 spiro atoms. The van der Waals surface area contributed by atoms with E-state index >= 15 is 0 Å². The van der Waals surface area contributed by atoms with Crippen LogP contribution in [-0.4, -0.2) is 15.2 Å². The summed E-state index contributed by atoms with van der Waals surface area (Å²) in [5.41, 5.74) is 5.04. The van der Waals surface area contributed by atoms with Crippen molar-refractivity contribution in [1.82, 2.24) is 4.98 Å². The Morgan fingerprint density at radius 3 is 2.48 bits per heavy atom. The summed E-state index contributed by atoms with van der Waals surface area (Å²) in [6, 6.07) is 15.5. The van der Waals surface area contributed by atoms with E-state index in [-0.39, 0.29) is 0 Å². The lowest BCUT2D eigenvalue weighted by Crippen LogP contribution is -2.19. The van der Waals surface area contributed by atoms with Gasteiger partial charge < -0.3 is 10.2 Å². The van der Waals surface area contributed by atoms with Crippen molar-refractivity contribution >= 4 is 10.9 Å². The molecule has 0 radical (unpaired) electrons. The molecule has 2 atom stereocenters. The van der Waals surface area contributed by atoms with Gasteiger partial charge in [0.25, 0.3) is 0 Å². The predicted molar refractivity (Wildman–Crippen MR) is 81.8 cm³/mol. The Morgan fingerprint density at radius 1 is 0.905 bits per heavy atom. The number of hydrogen-bond acceptors (Lipinski definition) is 3. The molecular weight excluding hydrogens is 262 g/mol. The zero-order chi connectivity index (χ0) is 14.6. The second-order valence-corrected chi connectivity index (χ2v) is 5.49. The van der Waals surface area contributed by atoms with Gasteiger partial charge in [0.05, 0.1) is 11.2 Å². The lowest BCUT2D eigenvalue weighted by Gasteiger charge is -2.30. The number of aliphatic hydroxyl groups excluding tert-OH is 2. The molecule has 0 aliphatic heterocycles. The summed E-state index contributed by atoms with van der Waals surface area (Å²) in [4.78, 5) is 4.73. The number of nitrogens with zero attached hydrogens (tertiary/aromatic N) is 1. The fraction of sp³-hybridized carbons (Fsp3) is 0.167. The molecule has 0 saturated heterocycles. The van der Waals surface area contributed by atoms with E-state index in [2.05, 4.69) is 0 Å². The van der Waals surface area contributed by atoms with Gasteiger partial charge in [-0.25, -0.2) is 4.98 Å². The number of para-hydroxylation sites is 1. The Hall–Kier alpha value is -2.23. The highest BCUT2D eigenvalue weighted by Crippen LogP contribution is 2.45. The standard InChI is InChI=1S/C18H15NO2/c1-10-11-6-4-5-9-14(11)19-16-12-7-2-3-8-13(12)17(20)18(21)15(10)16/h2-9,17-18,20-21H,1H3/t17-,18+/m0/s1. The van der Waals surface area contributed by atoms with Crippen molar-refractivity contribution in [3.63, 3.8) is 0 Å². The zero-order valence-electron chi connectivity index (χ0n) is 11.6. The number of rotatable bonds is 0. The minimum atomic E-state index is -0.938. The topological polar surface area (TPSA) is 53.4 Å². The van der Waals surface area contributed by atoms with E-state index in [0.29, 0.717) is 0 Å². The van der Waals surface area contributed by atoms with Crippen LogP contribution >= 0.6 is 0 Å². The van der Waals surface area contributed by atoms with E-state index in [1.54, 1.807) is 0 Å². The molecule has 3 nitrogen and oxygen atoms in total. The predicted octanol–water partition coefficient (Wildman–Crippen LogP) is 3.29. The van der Waals surface area contributed by atoms with Gasteiger partial charge in [-0.1, -0.05) is 42.5 Å². The van der Waals surface area contributed by atoms with E-state index in [4.69, 9.17) is 4.98 Å². The van der Waals surface area contributed by atoms with Crippen molar-refractivity contribution in [2.75, 3.05) is 0 Å². The Bertz CT molecular complexity index is 857. The third-order valence-corrected chi connectivity index (χ3v) is 4.33. The SMILES string of the molecule is Cc1c2c(nc3ccccc13)-c1ccccc1[C@H](O)[C@@H]2O. The highest BCUT2D eigenvalue weighted by Gasteiger charge is 2.33. The normalized spacial score (nSPS) is 20.1. The van der Waals surface area contributed by atoms with Crippen LogP contribution in [0.3, 0.4) is 0 Å². The molecule has 2 N–H and O–H groups in total. The van der Waals surface area contributed by atoms with Gasteiger partial charge in [0, 0.05) is 16.5 Å². The summed E-state index contributed by atoms with van der Waals surface area (Å²) < 4.78 is 0. The van der Waals surface area contributed by atoms with Crippen LogP contribution in [0.2, 0.25) is 0 Å². The second-order valence-electron chi connectivity index (χ2n) is 5.49. The van der Waals surface area contributed by atoms with Crippen molar-refractivity contribution in [2.45, 2.75) is 19.1 Å². The lowest BCUT2D eigenvalue weighted by molar-refractivity contribution is 0.0152. The van der Waals surface area contributed by atoms with Crippen molar-refractivity contribution < 1.29 is 10.2 Å². The van der Waals surface area contributed by atoms with Crippen molar-refractivity contribution in [3.8, 4) is 11.3 Å². The Kier molecular flexibility index (Phi) is 2.61. The second kappa shape index (κ2) is 4.38. The van der Waals surface area contributed by atoms with Gasteiger partial charge in [0.2, 0.25) is 0 Å². The van der Waals surface area contributed by atoms with Crippen LogP contribution in [0.1, 0.15) is 28.9 Å². The van der Waals surface area contributed by atoms with Crippen LogP contribution in [-0.2, 0) is 0 Å². The fourth-order valence-electron chi connectivity index (χ4n) is 3.26. The van der Waals surface area contributed by atoms with Crippen LogP contribution in [0.5, 0.6) is 0 Å². The first kappa shape index (κ1) is 12.5. The molecule has 0 saturated carbocycles. The monoisotopic (exact) mass is 277 g/mol. The third kappa shape index (κ3) is 1.65. The molecule has 3 heteroatoms. The number of aliphatic hydroxyl groups is 2. The zero-order valence-corrected chi connectivity index (χ0v) is 11.6. The van der Waals surface area contributed by atoms with Gasteiger partial charge in [0.15, 0.2) is 0 Å². The largest absolute Gasteiger partial charge is 0.385 e. The van der Waals surface area contributed by atoms with E-state index in [9.17, 15) is 10.2 Å². The third-order valence-electron chi connectivity index (χ3n) is 4.33. The van der Waals surface area contributed by atoms with Gasteiger partial charge in [0.1, 0.15) is 12.2 Å². The van der Waals surface area contributed by atoms with Gasteiger partial charge >= 0.3 is 0 Å². The molecule has 0 bridgehead atoms. The van der Waals surface area contributed by atoms with Gasteiger partial charge in [-0.05, 0) is 24.1 Å². The Labute approximate surface area is 122 Å². The van der Waals surface area contributed by atoms with Crippen LogP contribution in [0, 0.1) is 6.92 Å². The van der Waals surface area contributed by atoms with Gasteiger partial charge in [-0.2, -0.15) is 0 Å². The van der Waals surface area contributed by atoms with Crippen molar-refractivity contribution in [2.24, 2.45) is 0 Å².